The highest BCUT2D eigenvalue weighted by atomic mass is 32.2. The van der Waals surface area contributed by atoms with Crippen molar-refractivity contribution in [3.05, 3.63) is 59.7 Å². The Hall–Kier alpha value is -2.18. The predicted octanol–water partition coefficient (Wildman–Crippen LogP) is 3.35. The fraction of sp³-hybridized carbons (Fsp3) is 0.350. The highest BCUT2D eigenvalue weighted by Gasteiger charge is 2.26. The first kappa shape index (κ1) is 18.6. The highest BCUT2D eigenvalue weighted by Crippen LogP contribution is 2.21. The molecule has 0 aromatic heterocycles. The zero-order valence-corrected chi connectivity index (χ0v) is 15.8. The number of amides is 1. The van der Waals surface area contributed by atoms with E-state index in [0.29, 0.717) is 30.8 Å². The molecule has 1 heterocycles. The topological polar surface area (TPSA) is 66.5 Å². The molecule has 1 N–H and O–H groups in total. The molecule has 0 atom stereocenters. The number of hydrogen-bond acceptors (Lipinski definition) is 3. The van der Waals surface area contributed by atoms with E-state index in [1.807, 2.05) is 31.2 Å². The molecule has 2 aromatic carbocycles. The number of aryl methyl sites for hydroxylation is 2. The summed E-state index contributed by atoms with van der Waals surface area (Å²) in [5, 5.41) is 2.88. The van der Waals surface area contributed by atoms with Gasteiger partial charge >= 0.3 is 0 Å². The van der Waals surface area contributed by atoms with Gasteiger partial charge in [0.1, 0.15) is 0 Å². The van der Waals surface area contributed by atoms with Crippen LogP contribution < -0.4 is 5.32 Å². The number of hydrogen-bond donors (Lipinski definition) is 1. The molecule has 26 heavy (non-hydrogen) atoms. The van der Waals surface area contributed by atoms with Crippen molar-refractivity contribution in [1.29, 1.82) is 0 Å². The van der Waals surface area contributed by atoms with Gasteiger partial charge in [0.2, 0.25) is 15.9 Å². The van der Waals surface area contributed by atoms with Crippen LogP contribution in [0.1, 0.15) is 30.4 Å². The van der Waals surface area contributed by atoms with Crippen LogP contribution in [0.4, 0.5) is 5.69 Å². The van der Waals surface area contributed by atoms with E-state index in [1.54, 1.807) is 24.3 Å². The molecule has 1 aliphatic rings. The Bertz CT molecular complexity index is 870. The molecule has 0 unspecified atom stereocenters. The first-order valence-corrected chi connectivity index (χ1v) is 10.3. The lowest BCUT2D eigenvalue weighted by atomic mass is 10.1. The van der Waals surface area contributed by atoms with Crippen molar-refractivity contribution < 1.29 is 13.2 Å². The Morgan fingerprint density at radius 1 is 1.08 bits per heavy atom. The van der Waals surface area contributed by atoms with Gasteiger partial charge in [0.15, 0.2) is 0 Å². The minimum absolute atomic E-state index is 0.0515. The molecule has 1 aliphatic heterocycles. The van der Waals surface area contributed by atoms with E-state index in [9.17, 15) is 13.2 Å². The molecule has 5 nitrogen and oxygen atoms in total. The van der Waals surface area contributed by atoms with Gasteiger partial charge in [0.25, 0.3) is 0 Å². The standard InChI is InChI=1S/C20H24N2O3S/c1-16-5-4-6-18(15-16)21-20(23)12-9-17-7-10-19(11-8-17)26(24,25)22-13-2-3-14-22/h4-8,10-11,15H,2-3,9,12-14H2,1H3,(H,21,23). The van der Waals surface area contributed by atoms with Gasteiger partial charge in [0.05, 0.1) is 4.90 Å². The van der Waals surface area contributed by atoms with Gasteiger partial charge in [-0.05, 0) is 61.6 Å². The molecule has 1 saturated heterocycles. The van der Waals surface area contributed by atoms with E-state index >= 15 is 0 Å². The van der Waals surface area contributed by atoms with Crippen molar-refractivity contribution in [1.82, 2.24) is 4.31 Å². The summed E-state index contributed by atoms with van der Waals surface area (Å²) < 4.78 is 26.5. The third-order valence-electron chi connectivity index (χ3n) is 4.57. The molecule has 0 bridgehead atoms. The normalized spacial score (nSPS) is 15.1. The Kier molecular flexibility index (Phi) is 5.74. The van der Waals surface area contributed by atoms with Crippen molar-refractivity contribution in [2.75, 3.05) is 18.4 Å². The van der Waals surface area contributed by atoms with Crippen molar-refractivity contribution in [3.63, 3.8) is 0 Å². The Morgan fingerprint density at radius 3 is 2.42 bits per heavy atom. The minimum Gasteiger partial charge on any atom is -0.326 e. The third-order valence-corrected chi connectivity index (χ3v) is 6.48. The lowest BCUT2D eigenvalue weighted by Crippen LogP contribution is -2.27. The smallest absolute Gasteiger partial charge is 0.243 e. The number of sulfonamides is 1. The third kappa shape index (κ3) is 4.51. The second-order valence-electron chi connectivity index (χ2n) is 6.67. The van der Waals surface area contributed by atoms with E-state index in [1.165, 1.54) is 4.31 Å². The van der Waals surface area contributed by atoms with Crippen LogP contribution in [0.2, 0.25) is 0 Å². The minimum atomic E-state index is -3.38. The van der Waals surface area contributed by atoms with Crippen molar-refractivity contribution >= 4 is 21.6 Å². The molecule has 6 heteroatoms. The lowest BCUT2D eigenvalue weighted by Gasteiger charge is -2.15. The SMILES string of the molecule is Cc1cccc(NC(=O)CCc2ccc(S(=O)(=O)N3CCCC3)cc2)c1. The molecule has 138 valence electrons. The van der Waals surface area contributed by atoms with Crippen LogP contribution >= 0.6 is 0 Å². The number of carbonyl (C=O) groups is 1. The highest BCUT2D eigenvalue weighted by molar-refractivity contribution is 7.89. The largest absolute Gasteiger partial charge is 0.326 e. The Balaban J connectivity index is 1.56. The van der Waals surface area contributed by atoms with E-state index in [0.717, 1.165) is 29.7 Å². The van der Waals surface area contributed by atoms with Crippen LogP contribution in [0.3, 0.4) is 0 Å². The van der Waals surface area contributed by atoms with E-state index in [4.69, 9.17) is 0 Å². The van der Waals surface area contributed by atoms with Gasteiger partial charge in [-0.3, -0.25) is 4.79 Å². The van der Waals surface area contributed by atoms with Crippen LogP contribution in [-0.2, 0) is 21.2 Å². The number of nitrogens with one attached hydrogen (secondary N) is 1. The summed E-state index contributed by atoms with van der Waals surface area (Å²) in [7, 11) is -3.38. The summed E-state index contributed by atoms with van der Waals surface area (Å²) in [4.78, 5) is 12.4. The number of rotatable bonds is 6. The maximum Gasteiger partial charge on any atom is 0.243 e. The fourth-order valence-electron chi connectivity index (χ4n) is 3.11. The average Bonchev–Trinajstić information content (AvgIpc) is 3.16. The molecule has 0 spiro atoms. The van der Waals surface area contributed by atoms with Gasteiger partial charge in [-0.1, -0.05) is 24.3 Å². The molecule has 3 rings (SSSR count). The maximum absolute atomic E-state index is 12.5. The molecule has 0 saturated carbocycles. The summed E-state index contributed by atoms with van der Waals surface area (Å²) in [6.07, 6.45) is 2.77. The van der Waals surface area contributed by atoms with Crippen LogP contribution in [-0.4, -0.2) is 31.7 Å². The number of carbonyl (C=O) groups excluding carboxylic acids is 1. The first-order valence-electron chi connectivity index (χ1n) is 8.91. The zero-order chi connectivity index (χ0) is 18.6. The second kappa shape index (κ2) is 8.01. The van der Waals surface area contributed by atoms with Crippen LogP contribution in [0.5, 0.6) is 0 Å². The van der Waals surface area contributed by atoms with Gasteiger partial charge < -0.3 is 5.32 Å². The second-order valence-corrected chi connectivity index (χ2v) is 8.61. The van der Waals surface area contributed by atoms with E-state index in [2.05, 4.69) is 5.32 Å². The number of benzene rings is 2. The van der Waals surface area contributed by atoms with E-state index < -0.39 is 10.0 Å². The maximum atomic E-state index is 12.5. The summed E-state index contributed by atoms with van der Waals surface area (Å²) in [6, 6.07) is 14.5. The van der Waals surface area contributed by atoms with Crippen molar-refractivity contribution in [3.8, 4) is 0 Å². The molecule has 0 aliphatic carbocycles. The summed E-state index contributed by atoms with van der Waals surface area (Å²) in [5.74, 6) is -0.0515. The zero-order valence-electron chi connectivity index (χ0n) is 14.9. The summed E-state index contributed by atoms with van der Waals surface area (Å²) in [5.41, 5.74) is 2.84. The Morgan fingerprint density at radius 2 is 1.77 bits per heavy atom. The fourth-order valence-corrected chi connectivity index (χ4v) is 4.63. The van der Waals surface area contributed by atoms with Crippen molar-refractivity contribution in [2.45, 2.75) is 37.5 Å². The van der Waals surface area contributed by atoms with Gasteiger partial charge in [-0.15, -0.1) is 0 Å². The lowest BCUT2D eigenvalue weighted by molar-refractivity contribution is -0.116. The Labute approximate surface area is 155 Å². The molecular weight excluding hydrogens is 348 g/mol. The average molecular weight is 372 g/mol. The number of anilines is 1. The van der Waals surface area contributed by atoms with Crippen molar-refractivity contribution in [2.24, 2.45) is 0 Å². The summed E-state index contributed by atoms with van der Waals surface area (Å²) >= 11 is 0. The van der Waals surface area contributed by atoms with Gasteiger partial charge in [0, 0.05) is 25.2 Å². The molecule has 1 amide bonds. The van der Waals surface area contributed by atoms with Gasteiger partial charge in [-0.25, -0.2) is 8.42 Å². The van der Waals surface area contributed by atoms with Crippen LogP contribution in [0, 0.1) is 6.92 Å². The molecule has 0 radical (unpaired) electrons. The first-order chi connectivity index (χ1) is 12.4. The summed E-state index contributed by atoms with van der Waals surface area (Å²) in [6.45, 7) is 3.18. The molecule has 2 aromatic rings. The van der Waals surface area contributed by atoms with E-state index in [-0.39, 0.29) is 5.91 Å². The number of nitrogens with zero attached hydrogens (tertiary/aromatic N) is 1. The monoisotopic (exact) mass is 372 g/mol. The van der Waals surface area contributed by atoms with Crippen LogP contribution in [0.25, 0.3) is 0 Å². The van der Waals surface area contributed by atoms with Crippen LogP contribution in [0.15, 0.2) is 53.4 Å². The van der Waals surface area contributed by atoms with Gasteiger partial charge in [-0.2, -0.15) is 4.31 Å². The predicted molar refractivity (Wildman–Crippen MR) is 103 cm³/mol. The molecular formula is C20H24N2O3S. The quantitative estimate of drug-likeness (QED) is 0.846. The molecule has 1 fully saturated rings.